The van der Waals surface area contributed by atoms with Gasteiger partial charge in [0.1, 0.15) is 0 Å². The third-order valence-electron chi connectivity index (χ3n) is 2.31. The average Bonchev–Trinajstić information content (AvgIpc) is 2.06. The first-order valence-corrected chi connectivity index (χ1v) is 4.60. The summed E-state index contributed by atoms with van der Waals surface area (Å²) in [6.45, 7) is 1.64. The summed E-state index contributed by atoms with van der Waals surface area (Å²) in [6.07, 6.45) is 3.75. The molecule has 1 N–H and O–H groups in total. The van der Waals surface area contributed by atoms with Crippen LogP contribution in [0.1, 0.15) is 19.3 Å². The highest BCUT2D eigenvalue weighted by atomic mass is 16.5. The molecular weight excluding hydrogens is 154 g/mol. The Balaban J connectivity index is 2.20. The van der Waals surface area contributed by atoms with Crippen LogP contribution in [0.4, 0.5) is 0 Å². The van der Waals surface area contributed by atoms with Crippen LogP contribution >= 0.6 is 0 Å². The molecule has 2 atom stereocenters. The SMILES string of the molecule is COC[C@H]1CCC[C@@H](COC)N1. The maximum atomic E-state index is 5.10. The predicted octanol–water partition coefficient (Wildman–Crippen LogP) is 0.790. The lowest BCUT2D eigenvalue weighted by molar-refractivity contribution is 0.107. The Hall–Kier alpha value is -0.120. The highest BCUT2D eigenvalue weighted by Crippen LogP contribution is 2.12. The smallest absolute Gasteiger partial charge is 0.0615 e. The van der Waals surface area contributed by atoms with Gasteiger partial charge >= 0.3 is 0 Å². The van der Waals surface area contributed by atoms with Crippen molar-refractivity contribution in [2.45, 2.75) is 31.3 Å². The third-order valence-corrected chi connectivity index (χ3v) is 2.31. The van der Waals surface area contributed by atoms with Crippen LogP contribution in [0.3, 0.4) is 0 Å². The van der Waals surface area contributed by atoms with Gasteiger partial charge in [0.15, 0.2) is 0 Å². The Morgan fingerprint density at radius 1 is 1.08 bits per heavy atom. The molecule has 0 amide bonds. The van der Waals surface area contributed by atoms with Crippen molar-refractivity contribution >= 4 is 0 Å². The van der Waals surface area contributed by atoms with E-state index in [1.807, 2.05) is 0 Å². The van der Waals surface area contributed by atoms with Gasteiger partial charge in [0.25, 0.3) is 0 Å². The number of hydrogen-bond acceptors (Lipinski definition) is 3. The van der Waals surface area contributed by atoms with Gasteiger partial charge in [-0.05, 0) is 12.8 Å². The molecular formula is C9H19NO2. The molecule has 72 valence electrons. The lowest BCUT2D eigenvalue weighted by Crippen LogP contribution is -2.46. The lowest BCUT2D eigenvalue weighted by Gasteiger charge is -2.30. The highest BCUT2D eigenvalue weighted by molar-refractivity contribution is 4.79. The van der Waals surface area contributed by atoms with Gasteiger partial charge in [-0.15, -0.1) is 0 Å². The van der Waals surface area contributed by atoms with Crippen LogP contribution in [0.5, 0.6) is 0 Å². The second-order valence-corrected chi connectivity index (χ2v) is 3.40. The van der Waals surface area contributed by atoms with Gasteiger partial charge < -0.3 is 14.8 Å². The van der Waals surface area contributed by atoms with E-state index in [4.69, 9.17) is 9.47 Å². The Morgan fingerprint density at radius 2 is 1.58 bits per heavy atom. The average molecular weight is 173 g/mol. The molecule has 0 aromatic heterocycles. The fourth-order valence-electron chi connectivity index (χ4n) is 1.78. The number of hydrogen-bond donors (Lipinski definition) is 1. The van der Waals surface area contributed by atoms with Crippen LogP contribution in [0, 0.1) is 0 Å². The van der Waals surface area contributed by atoms with Crippen LogP contribution < -0.4 is 5.32 Å². The molecule has 1 heterocycles. The molecule has 0 bridgehead atoms. The van der Waals surface area contributed by atoms with Gasteiger partial charge in [0.2, 0.25) is 0 Å². The number of methoxy groups -OCH3 is 2. The third kappa shape index (κ3) is 3.09. The normalized spacial score (nSPS) is 30.5. The van der Waals surface area contributed by atoms with Crippen LogP contribution in [0.2, 0.25) is 0 Å². The van der Waals surface area contributed by atoms with Gasteiger partial charge in [0, 0.05) is 26.3 Å². The van der Waals surface area contributed by atoms with Gasteiger partial charge in [-0.2, -0.15) is 0 Å². The summed E-state index contributed by atoms with van der Waals surface area (Å²) < 4.78 is 10.2. The van der Waals surface area contributed by atoms with Crippen molar-refractivity contribution in [2.24, 2.45) is 0 Å². The Labute approximate surface area is 74.4 Å². The second-order valence-electron chi connectivity index (χ2n) is 3.40. The zero-order chi connectivity index (χ0) is 8.81. The van der Waals surface area contributed by atoms with E-state index in [1.54, 1.807) is 14.2 Å². The Bertz CT molecular complexity index is 103. The van der Waals surface area contributed by atoms with E-state index in [-0.39, 0.29) is 0 Å². The van der Waals surface area contributed by atoms with Gasteiger partial charge in [-0.1, -0.05) is 6.42 Å². The summed E-state index contributed by atoms with van der Waals surface area (Å²) in [5.41, 5.74) is 0. The summed E-state index contributed by atoms with van der Waals surface area (Å²) in [6, 6.07) is 1.06. The van der Waals surface area contributed by atoms with Crippen LogP contribution in [0.25, 0.3) is 0 Å². The number of ether oxygens (including phenoxy) is 2. The second kappa shape index (κ2) is 5.51. The standard InChI is InChI=1S/C9H19NO2/c1-11-6-8-4-3-5-9(10-8)7-12-2/h8-10H,3-7H2,1-2H3/t8-,9+. The summed E-state index contributed by atoms with van der Waals surface area (Å²) in [7, 11) is 3.50. The van der Waals surface area contributed by atoms with Gasteiger partial charge in [-0.3, -0.25) is 0 Å². The van der Waals surface area contributed by atoms with Crippen molar-refractivity contribution in [1.82, 2.24) is 5.32 Å². The van der Waals surface area contributed by atoms with E-state index in [2.05, 4.69) is 5.32 Å². The van der Waals surface area contributed by atoms with Crippen molar-refractivity contribution in [3.05, 3.63) is 0 Å². The molecule has 1 saturated heterocycles. The molecule has 1 fully saturated rings. The Kier molecular flexibility index (Phi) is 4.58. The summed E-state index contributed by atoms with van der Waals surface area (Å²) in [5, 5.41) is 3.51. The lowest BCUT2D eigenvalue weighted by atomic mass is 9.99. The van der Waals surface area contributed by atoms with Crippen LogP contribution in [0.15, 0.2) is 0 Å². The molecule has 0 saturated carbocycles. The molecule has 0 radical (unpaired) electrons. The van der Waals surface area contributed by atoms with E-state index in [9.17, 15) is 0 Å². The Morgan fingerprint density at radius 3 is 2.00 bits per heavy atom. The van der Waals surface area contributed by atoms with Crippen LogP contribution in [-0.2, 0) is 9.47 Å². The first kappa shape index (κ1) is 9.96. The molecule has 0 aliphatic carbocycles. The molecule has 3 nitrogen and oxygen atoms in total. The zero-order valence-corrected chi connectivity index (χ0v) is 8.01. The van der Waals surface area contributed by atoms with Crippen molar-refractivity contribution in [1.29, 1.82) is 0 Å². The quantitative estimate of drug-likeness (QED) is 0.682. The van der Waals surface area contributed by atoms with E-state index in [1.165, 1.54) is 19.3 Å². The topological polar surface area (TPSA) is 30.5 Å². The van der Waals surface area contributed by atoms with E-state index in [0.29, 0.717) is 12.1 Å². The molecule has 0 aromatic rings. The molecule has 0 spiro atoms. The summed E-state index contributed by atoms with van der Waals surface area (Å²) in [4.78, 5) is 0. The molecule has 0 aromatic carbocycles. The molecule has 12 heavy (non-hydrogen) atoms. The van der Waals surface area contributed by atoms with E-state index < -0.39 is 0 Å². The monoisotopic (exact) mass is 173 g/mol. The van der Waals surface area contributed by atoms with Gasteiger partial charge in [-0.25, -0.2) is 0 Å². The highest BCUT2D eigenvalue weighted by Gasteiger charge is 2.19. The van der Waals surface area contributed by atoms with E-state index in [0.717, 1.165) is 13.2 Å². The van der Waals surface area contributed by atoms with Crippen molar-refractivity contribution < 1.29 is 9.47 Å². The predicted molar refractivity (Wildman–Crippen MR) is 48.3 cm³/mol. The minimum atomic E-state index is 0.531. The largest absolute Gasteiger partial charge is 0.383 e. The number of rotatable bonds is 4. The summed E-state index contributed by atoms with van der Waals surface area (Å²) in [5.74, 6) is 0. The fourth-order valence-corrected chi connectivity index (χ4v) is 1.78. The van der Waals surface area contributed by atoms with Crippen molar-refractivity contribution in [2.75, 3.05) is 27.4 Å². The molecule has 0 unspecified atom stereocenters. The van der Waals surface area contributed by atoms with Crippen molar-refractivity contribution in [3.8, 4) is 0 Å². The van der Waals surface area contributed by atoms with Crippen LogP contribution in [-0.4, -0.2) is 39.5 Å². The molecule has 1 aliphatic rings. The molecule has 1 aliphatic heterocycles. The maximum Gasteiger partial charge on any atom is 0.0615 e. The maximum absolute atomic E-state index is 5.10. The number of piperidine rings is 1. The zero-order valence-electron chi connectivity index (χ0n) is 8.01. The van der Waals surface area contributed by atoms with Crippen molar-refractivity contribution in [3.63, 3.8) is 0 Å². The molecule has 3 heteroatoms. The fraction of sp³-hybridized carbons (Fsp3) is 1.00. The van der Waals surface area contributed by atoms with E-state index >= 15 is 0 Å². The first-order chi connectivity index (χ1) is 5.86. The molecule has 1 rings (SSSR count). The van der Waals surface area contributed by atoms with Gasteiger partial charge in [0.05, 0.1) is 13.2 Å². The minimum Gasteiger partial charge on any atom is -0.383 e. The minimum absolute atomic E-state index is 0.531. The first-order valence-electron chi connectivity index (χ1n) is 4.60. The summed E-state index contributed by atoms with van der Waals surface area (Å²) >= 11 is 0. The number of nitrogens with one attached hydrogen (secondary N) is 1.